The maximum atomic E-state index is 13.4. The van der Waals surface area contributed by atoms with Gasteiger partial charge in [-0.25, -0.2) is 9.67 Å². The van der Waals surface area contributed by atoms with E-state index >= 15 is 0 Å². The van der Waals surface area contributed by atoms with Crippen molar-refractivity contribution in [3.05, 3.63) is 83.6 Å². The van der Waals surface area contributed by atoms with Crippen LogP contribution in [0.2, 0.25) is 0 Å². The molecule has 0 unspecified atom stereocenters. The molecule has 0 radical (unpaired) electrons. The summed E-state index contributed by atoms with van der Waals surface area (Å²) in [7, 11) is 4.74. The van der Waals surface area contributed by atoms with Crippen molar-refractivity contribution in [2.24, 2.45) is 4.99 Å². The zero-order valence-corrected chi connectivity index (χ0v) is 20.9. The van der Waals surface area contributed by atoms with Crippen molar-refractivity contribution in [2.75, 3.05) is 31.5 Å². The Morgan fingerprint density at radius 3 is 2.24 bits per heavy atom. The normalized spacial score (nSPS) is 15.7. The summed E-state index contributed by atoms with van der Waals surface area (Å²) in [4.78, 5) is 20.2. The summed E-state index contributed by atoms with van der Waals surface area (Å²) in [6, 6.07) is 20.8. The van der Waals surface area contributed by atoms with E-state index in [9.17, 15) is 4.79 Å². The largest absolute Gasteiger partial charge is 0.493 e. The van der Waals surface area contributed by atoms with Crippen LogP contribution in [0.1, 0.15) is 22.9 Å². The van der Waals surface area contributed by atoms with E-state index in [0.717, 1.165) is 28.2 Å². The van der Waals surface area contributed by atoms with Crippen LogP contribution >= 0.6 is 0 Å². The first-order chi connectivity index (χ1) is 18.0. The lowest BCUT2D eigenvalue weighted by Crippen LogP contribution is -2.48. The number of amidine groups is 1. The van der Waals surface area contributed by atoms with Crippen LogP contribution in [0.3, 0.4) is 0 Å². The molecule has 0 saturated carbocycles. The molecule has 0 spiro atoms. The van der Waals surface area contributed by atoms with E-state index in [1.165, 1.54) is 0 Å². The quantitative estimate of drug-likeness (QED) is 0.428. The van der Waals surface area contributed by atoms with Crippen LogP contribution in [0.25, 0.3) is 5.69 Å². The van der Waals surface area contributed by atoms with E-state index in [4.69, 9.17) is 24.3 Å². The number of rotatable bonds is 5. The second-order valence-electron chi connectivity index (χ2n) is 8.71. The number of para-hydroxylation sites is 3. The highest BCUT2D eigenvalue weighted by atomic mass is 16.5. The van der Waals surface area contributed by atoms with Crippen molar-refractivity contribution in [2.45, 2.75) is 13.0 Å². The van der Waals surface area contributed by atoms with Crippen molar-refractivity contribution in [3.63, 3.8) is 0 Å². The van der Waals surface area contributed by atoms with Crippen molar-refractivity contribution < 1.29 is 19.0 Å². The maximum absolute atomic E-state index is 13.4. The van der Waals surface area contributed by atoms with Crippen molar-refractivity contribution in [3.8, 4) is 22.9 Å². The lowest BCUT2D eigenvalue weighted by Gasteiger charge is -2.40. The van der Waals surface area contributed by atoms with Crippen LogP contribution in [-0.2, 0) is 4.79 Å². The monoisotopic (exact) mass is 495 g/mol. The number of carbonyl (C=O) groups excluding carboxylic acids is 1. The van der Waals surface area contributed by atoms with Crippen LogP contribution in [0.5, 0.6) is 17.2 Å². The molecule has 9 nitrogen and oxygen atoms in total. The molecule has 3 heterocycles. The van der Waals surface area contributed by atoms with Crippen molar-refractivity contribution >= 4 is 28.9 Å². The van der Waals surface area contributed by atoms with E-state index in [2.05, 4.69) is 5.32 Å². The summed E-state index contributed by atoms with van der Waals surface area (Å²) >= 11 is 0. The zero-order chi connectivity index (χ0) is 25.7. The van der Waals surface area contributed by atoms with Gasteiger partial charge < -0.3 is 24.4 Å². The second-order valence-corrected chi connectivity index (χ2v) is 8.71. The number of amides is 1. The van der Waals surface area contributed by atoms with E-state index in [-0.39, 0.29) is 11.7 Å². The summed E-state index contributed by atoms with van der Waals surface area (Å²) in [5.41, 5.74) is 4.90. The number of aromatic nitrogens is 2. The first-order valence-corrected chi connectivity index (χ1v) is 11.8. The number of carbonyl (C=O) groups is 1. The van der Waals surface area contributed by atoms with Crippen LogP contribution < -0.4 is 24.4 Å². The molecular weight excluding hydrogens is 470 g/mol. The van der Waals surface area contributed by atoms with Crippen LogP contribution in [0.4, 0.5) is 17.2 Å². The van der Waals surface area contributed by atoms with E-state index in [1.807, 2.05) is 78.6 Å². The minimum atomic E-state index is -0.444. The average Bonchev–Trinajstić information content (AvgIpc) is 3.27. The molecule has 2 aliphatic heterocycles. The predicted molar refractivity (Wildman–Crippen MR) is 141 cm³/mol. The number of benzene rings is 3. The van der Waals surface area contributed by atoms with Crippen LogP contribution in [-0.4, -0.2) is 42.9 Å². The average molecular weight is 496 g/mol. The molecule has 1 atom stereocenters. The number of hydrogen-bond donors (Lipinski definition) is 1. The minimum Gasteiger partial charge on any atom is -0.493 e. The molecule has 4 aromatic rings. The Kier molecular flexibility index (Phi) is 5.33. The number of fused-ring (bicyclic) bond motifs is 4. The van der Waals surface area contributed by atoms with Gasteiger partial charge in [0.1, 0.15) is 0 Å². The Balaban J connectivity index is 1.67. The SMILES string of the molecule is COc1cc([C@H]2c3c(C)nn(-c4ccccc4)c3N=C3C(=O)Nc4ccccc4N32)cc(OC)c1OC. The van der Waals surface area contributed by atoms with Gasteiger partial charge in [0, 0.05) is 5.56 Å². The van der Waals surface area contributed by atoms with Gasteiger partial charge in [0.25, 0.3) is 5.91 Å². The molecule has 186 valence electrons. The molecule has 0 fully saturated rings. The molecule has 1 N–H and O–H groups in total. The van der Waals surface area contributed by atoms with Gasteiger partial charge >= 0.3 is 0 Å². The lowest BCUT2D eigenvalue weighted by atomic mass is 9.92. The highest BCUT2D eigenvalue weighted by Crippen LogP contribution is 2.50. The molecule has 6 rings (SSSR count). The number of nitrogens with one attached hydrogen (secondary N) is 1. The van der Waals surface area contributed by atoms with Gasteiger partial charge in [-0.2, -0.15) is 5.10 Å². The van der Waals surface area contributed by atoms with Crippen LogP contribution in [0.15, 0.2) is 71.7 Å². The molecule has 0 saturated heterocycles. The highest BCUT2D eigenvalue weighted by molar-refractivity contribution is 6.50. The number of aliphatic imine (C=N–C) groups is 1. The molecule has 1 amide bonds. The Bertz CT molecular complexity index is 1540. The molecule has 3 aromatic carbocycles. The molecule has 1 aromatic heterocycles. The smallest absolute Gasteiger partial charge is 0.291 e. The third-order valence-electron chi connectivity index (χ3n) is 6.67. The third kappa shape index (κ3) is 3.42. The first kappa shape index (κ1) is 22.7. The Hall–Kier alpha value is -4.79. The standard InChI is InChI=1S/C28H25N5O4/c1-16-23-24(17-14-21(35-2)25(37-4)22(15-17)36-3)32-20-13-9-8-12-19(20)29-28(34)27(32)30-26(23)33(31-16)18-10-6-5-7-11-18/h5-15,24H,1-4H3,(H,29,34)/t24-/m0/s1. The molecule has 37 heavy (non-hydrogen) atoms. The summed E-state index contributed by atoms with van der Waals surface area (Å²) in [5.74, 6) is 2.12. The van der Waals surface area contributed by atoms with Crippen molar-refractivity contribution in [1.29, 1.82) is 0 Å². The maximum Gasteiger partial charge on any atom is 0.291 e. The topological polar surface area (TPSA) is 90.2 Å². The predicted octanol–water partition coefficient (Wildman–Crippen LogP) is 4.80. The molecule has 2 aliphatic rings. The fourth-order valence-corrected chi connectivity index (χ4v) is 5.07. The van der Waals surface area contributed by atoms with Crippen molar-refractivity contribution in [1.82, 2.24) is 9.78 Å². The molecular formula is C28H25N5O4. The summed E-state index contributed by atoms with van der Waals surface area (Å²) in [6.07, 6.45) is 0. The van der Waals surface area contributed by atoms with Gasteiger partial charge in [0.05, 0.1) is 50.1 Å². The lowest BCUT2D eigenvalue weighted by molar-refractivity contribution is -0.110. The van der Waals surface area contributed by atoms with Gasteiger partial charge in [-0.1, -0.05) is 30.3 Å². The minimum absolute atomic E-state index is 0.280. The van der Waals surface area contributed by atoms with E-state index in [1.54, 1.807) is 26.0 Å². The van der Waals surface area contributed by atoms with Gasteiger partial charge in [-0.05, 0) is 48.9 Å². The Morgan fingerprint density at radius 1 is 0.892 bits per heavy atom. The Labute approximate surface area is 213 Å². The van der Waals surface area contributed by atoms with Gasteiger partial charge in [-0.15, -0.1) is 0 Å². The summed E-state index contributed by atoms with van der Waals surface area (Å²) in [5, 5.41) is 7.84. The molecule has 9 heteroatoms. The van der Waals surface area contributed by atoms with Crippen LogP contribution in [0, 0.1) is 6.92 Å². The van der Waals surface area contributed by atoms with E-state index in [0.29, 0.717) is 28.8 Å². The van der Waals surface area contributed by atoms with Gasteiger partial charge in [-0.3, -0.25) is 4.79 Å². The highest BCUT2D eigenvalue weighted by Gasteiger charge is 2.43. The third-order valence-corrected chi connectivity index (χ3v) is 6.67. The fraction of sp³-hybridized carbons (Fsp3) is 0.179. The Morgan fingerprint density at radius 2 is 1.57 bits per heavy atom. The number of hydrogen-bond acceptors (Lipinski definition) is 7. The molecule has 0 aliphatic carbocycles. The number of anilines is 2. The number of nitrogens with zero attached hydrogens (tertiary/aromatic N) is 4. The fourth-order valence-electron chi connectivity index (χ4n) is 5.07. The van der Waals surface area contributed by atoms with E-state index < -0.39 is 6.04 Å². The van der Waals surface area contributed by atoms with Gasteiger partial charge in [0.2, 0.25) is 11.6 Å². The first-order valence-electron chi connectivity index (χ1n) is 11.8. The van der Waals surface area contributed by atoms with Gasteiger partial charge in [0.15, 0.2) is 17.3 Å². The zero-order valence-electron chi connectivity index (χ0n) is 20.9. The molecule has 0 bridgehead atoms. The summed E-state index contributed by atoms with van der Waals surface area (Å²) in [6.45, 7) is 1.96. The number of aryl methyl sites for hydroxylation is 1. The second kappa shape index (κ2) is 8.70. The number of ether oxygens (including phenoxy) is 3. The number of methoxy groups -OCH3 is 3. The summed E-state index contributed by atoms with van der Waals surface area (Å²) < 4.78 is 18.7.